The summed E-state index contributed by atoms with van der Waals surface area (Å²) >= 11 is 0. The van der Waals surface area contributed by atoms with Gasteiger partial charge in [0.2, 0.25) is 5.88 Å². The lowest BCUT2D eigenvalue weighted by molar-refractivity contribution is -0.154. The average Bonchev–Trinajstić information content (AvgIpc) is 2.74. The number of guanidine groups is 1. The normalized spacial score (nSPS) is 12.8. The molecule has 1 aromatic heterocycles. The number of methoxy groups -OCH3 is 1. The number of para-hydroxylation sites is 2. The molecule has 0 spiro atoms. The van der Waals surface area contributed by atoms with Gasteiger partial charge in [0.15, 0.2) is 24.1 Å². The Morgan fingerprint density at radius 3 is 2.58 bits per heavy atom. The van der Waals surface area contributed by atoms with E-state index in [-0.39, 0.29) is 18.5 Å². The minimum atomic E-state index is -4.42. The summed E-state index contributed by atoms with van der Waals surface area (Å²) in [4.78, 5) is 8.25. The van der Waals surface area contributed by atoms with Crippen LogP contribution in [0.15, 0.2) is 47.6 Å². The number of pyridine rings is 1. The predicted molar refractivity (Wildman–Crippen MR) is 112 cm³/mol. The third kappa shape index (κ3) is 9.02. The van der Waals surface area contributed by atoms with E-state index in [0.29, 0.717) is 36.1 Å². The first-order valence-electron chi connectivity index (χ1n) is 9.77. The van der Waals surface area contributed by atoms with Crippen LogP contribution in [-0.2, 0) is 6.54 Å². The Labute approximate surface area is 179 Å². The zero-order chi connectivity index (χ0) is 22.7. The molecular formula is C21H27F3N4O3. The number of benzene rings is 1. The Morgan fingerprint density at radius 1 is 1.16 bits per heavy atom. The summed E-state index contributed by atoms with van der Waals surface area (Å²) in [5.41, 5.74) is 0.669. The summed E-state index contributed by atoms with van der Waals surface area (Å²) in [5.74, 6) is 1.75. The molecule has 2 rings (SSSR count). The van der Waals surface area contributed by atoms with Gasteiger partial charge in [-0.2, -0.15) is 13.2 Å². The molecule has 0 bridgehead atoms. The Bertz CT molecular complexity index is 847. The highest BCUT2D eigenvalue weighted by molar-refractivity contribution is 5.79. The molecule has 0 aliphatic carbocycles. The van der Waals surface area contributed by atoms with E-state index in [4.69, 9.17) is 9.47 Å². The molecule has 1 atom stereocenters. The van der Waals surface area contributed by atoms with E-state index in [9.17, 15) is 13.2 Å². The molecule has 0 amide bonds. The highest BCUT2D eigenvalue weighted by Crippen LogP contribution is 2.26. The molecule has 0 saturated carbocycles. The molecule has 1 aromatic carbocycles. The van der Waals surface area contributed by atoms with Crippen molar-refractivity contribution in [3.63, 3.8) is 0 Å². The number of hydrogen-bond donors (Lipinski definition) is 2. The third-order valence-electron chi connectivity index (χ3n) is 3.90. The SMILES string of the molecule is CCNC(=NCc1ccnc(OCC(F)(F)F)c1)NCC(C)Oc1ccccc1OC. The molecule has 0 saturated heterocycles. The first-order chi connectivity index (χ1) is 14.8. The van der Waals surface area contributed by atoms with Gasteiger partial charge in [0.25, 0.3) is 0 Å². The van der Waals surface area contributed by atoms with E-state index in [1.807, 2.05) is 38.1 Å². The molecule has 0 aliphatic rings. The monoisotopic (exact) mass is 440 g/mol. The quantitative estimate of drug-likeness (QED) is 0.435. The van der Waals surface area contributed by atoms with E-state index in [1.54, 1.807) is 13.2 Å². The largest absolute Gasteiger partial charge is 0.493 e. The van der Waals surface area contributed by atoms with Gasteiger partial charge in [-0.1, -0.05) is 12.1 Å². The van der Waals surface area contributed by atoms with Gasteiger partial charge in [0, 0.05) is 18.8 Å². The van der Waals surface area contributed by atoms with Gasteiger partial charge < -0.3 is 24.8 Å². The zero-order valence-electron chi connectivity index (χ0n) is 17.7. The van der Waals surface area contributed by atoms with Crippen LogP contribution >= 0.6 is 0 Å². The minimum Gasteiger partial charge on any atom is -0.493 e. The number of rotatable bonds is 10. The van der Waals surface area contributed by atoms with Crippen molar-refractivity contribution in [1.29, 1.82) is 0 Å². The van der Waals surface area contributed by atoms with E-state index >= 15 is 0 Å². The molecule has 7 nitrogen and oxygen atoms in total. The van der Waals surface area contributed by atoms with Crippen LogP contribution in [0.5, 0.6) is 17.4 Å². The van der Waals surface area contributed by atoms with Crippen LogP contribution in [0, 0.1) is 0 Å². The van der Waals surface area contributed by atoms with Crippen LogP contribution in [0.25, 0.3) is 0 Å². The van der Waals surface area contributed by atoms with Crippen molar-refractivity contribution in [2.45, 2.75) is 32.7 Å². The van der Waals surface area contributed by atoms with E-state index < -0.39 is 12.8 Å². The van der Waals surface area contributed by atoms with Crippen molar-refractivity contribution < 1.29 is 27.4 Å². The number of alkyl halides is 3. The van der Waals surface area contributed by atoms with E-state index in [2.05, 4.69) is 25.3 Å². The molecule has 1 unspecified atom stereocenters. The number of ether oxygens (including phenoxy) is 3. The van der Waals surface area contributed by atoms with Crippen LogP contribution in [0.3, 0.4) is 0 Å². The molecular weight excluding hydrogens is 413 g/mol. The lowest BCUT2D eigenvalue weighted by Gasteiger charge is -2.19. The van der Waals surface area contributed by atoms with Crippen molar-refractivity contribution in [3.8, 4) is 17.4 Å². The number of aliphatic imine (C=N–C) groups is 1. The van der Waals surface area contributed by atoms with Crippen LogP contribution in [0.4, 0.5) is 13.2 Å². The first kappa shape index (κ1) is 24.1. The summed E-state index contributed by atoms with van der Waals surface area (Å²) < 4.78 is 52.8. The van der Waals surface area contributed by atoms with Gasteiger partial charge in [-0.25, -0.2) is 9.98 Å². The number of nitrogens with zero attached hydrogens (tertiary/aromatic N) is 2. The van der Waals surface area contributed by atoms with Gasteiger partial charge in [0.05, 0.1) is 20.2 Å². The number of nitrogens with one attached hydrogen (secondary N) is 2. The molecule has 0 radical (unpaired) electrons. The Balaban J connectivity index is 1.92. The van der Waals surface area contributed by atoms with Gasteiger partial charge in [-0.3, -0.25) is 0 Å². The van der Waals surface area contributed by atoms with Crippen LogP contribution in [0.1, 0.15) is 19.4 Å². The van der Waals surface area contributed by atoms with Gasteiger partial charge >= 0.3 is 6.18 Å². The first-order valence-corrected chi connectivity index (χ1v) is 9.77. The maximum absolute atomic E-state index is 12.3. The molecule has 31 heavy (non-hydrogen) atoms. The minimum absolute atomic E-state index is 0.0955. The molecule has 2 N–H and O–H groups in total. The number of aromatic nitrogens is 1. The zero-order valence-corrected chi connectivity index (χ0v) is 17.7. The smallest absolute Gasteiger partial charge is 0.422 e. The summed E-state index contributed by atoms with van der Waals surface area (Å²) in [6, 6.07) is 10.5. The topological polar surface area (TPSA) is 77.0 Å². The Hall–Kier alpha value is -3.17. The Kier molecular flexibility index (Phi) is 9.23. The lowest BCUT2D eigenvalue weighted by atomic mass is 10.3. The molecule has 10 heteroatoms. The molecule has 2 aromatic rings. The van der Waals surface area contributed by atoms with E-state index in [1.165, 1.54) is 12.3 Å². The van der Waals surface area contributed by atoms with Crippen molar-refractivity contribution >= 4 is 5.96 Å². The second-order valence-electron chi connectivity index (χ2n) is 6.56. The van der Waals surface area contributed by atoms with Crippen molar-refractivity contribution in [2.24, 2.45) is 4.99 Å². The fraction of sp³-hybridized carbons (Fsp3) is 0.429. The Morgan fingerprint density at radius 2 is 1.90 bits per heavy atom. The molecule has 170 valence electrons. The summed E-state index contributed by atoms with van der Waals surface area (Å²) in [7, 11) is 1.58. The second kappa shape index (κ2) is 11.9. The van der Waals surface area contributed by atoms with Crippen LogP contribution < -0.4 is 24.8 Å². The van der Waals surface area contributed by atoms with Crippen molar-refractivity contribution in [1.82, 2.24) is 15.6 Å². The van der Waals surface area contributed by atoms with Crippen LogP contribution in [0.2, 0.25) is 0 Å². The highest BCUT2D eigenvalue weighted by atomic mass is 19.4. The third-order valence-corrected chi connectivity index (χ3v) is 3.90. The lowest BCUT2D eigenvalue weighted by Crippen LogP contribution is -2.41. The van der Waals surface area contributed by atoms with Crippen molar-refractivity contribution in [2.75, 3.05) is 26.8 Å². The number of hydrogen-bond acceptors (Lipinski definition) is 5. The number of halogens is 3. The second-order valence-corrected chi connectivity index (χ2v) is 6.56. The summed E-state index contributed by atoms with van der Waals surface area (Å²) in [6.07, 6.45) is -3.20. The molecule has 0 fully saturated rings. The predicted octanol–water partition coefficient (Wildman–Crippen LogP) is 3.55. The molecule has 1 heterocycles. The fourth-order valence-corrected chi connectivity index (χ4v) is 2.51. The van der Waals surface area contributed by atoms with Crippen molar-refractivity contribution in [3.05, 3.63) is 48.2 Å². The van der Waals surface area contributed by atoms with Gasteiger partial charge in [0.1, 0.15) is 6.10 Å². The van der Waals surface area contributed by atoms with E-state index in [0.717, 1.165) is 0 Å². The maximum Gasteiger partial charge on any atom is 0.422 e. The summed E-state index contributed by atoms with van der Waals surface area (Å²) in [6.45, 7) is 3.81. The average molecular weight is 440 g/mol. The summed E-state index contributed by atoms with van der Waals surface area (Å²) in [5, 5.41) is 6.30. The van der Waals surface area contributed by atoms with Gasteiger partial charge in [-0.15, -0.1) is 0 Å². The maximum atomic E-state index is 12.3. The van der Waals surface area contributed by atoms with Gasteiger partial charge in [-0.05, 0) is 37.6 Å². The standard InChI is InChI=1S/C21H27F3N4O3/c1-4-25-20(27-12-15(2)31-18-8-6-5-7-17(18)29-3)28-13-16-9-10-26-19(11-16)30-14-21(22,23)24/h5-11,15H,4,12-14H2,1-3H3,(H2,25,27,28). The van der Waals surface area contributed by atoms with Crippen LogP contribution in [-0.4, -0.2) is 50.0 Å². The highest BCUT2D eigenvalue weighted by Gasteiger charge is 2.28. The molecule has 0 aliphatic heterocycles. The fourth-order valence-electron chi connectivity index (χ4n) is 2.51.